The third-order valence-corrected chi connectivity index (χ3v) is 4.12. The van der Waals surface area contributed by atoms with Gasteiger partial charge in [-0.3, -0.25) is 0 Å². The number of phenols is 1. The van der Waals surface area contributed by atoms with E-state index in [4.69, 9.17) is 9.47 Å². The van der Waals surface area contributed by atoms with Gasteiger partial charge in [-0.25, -0.2) is 9.59 Å². The van der Waals surface area contributed by atoms with Crippen LogP contribution in [-0.4, -0.2) is 42.8 Å². The zero-order valence-electron chi connectivity index (χ0n) is 13.7. The van der Waals surface area contributed by atoms with Crippen molar-refractivity contribution >= 4 is 23.8 Å². The highest BCUT2D eigenvalue weighted by Gasteiger charge is 2.32. The van der Waals surface area contributed by atoms with E-state index in [-0.39, 0.29) is 12.4 Å². The molecule has 0 spiro atoms. The molecule has 1 aliphatic rings. The van der Waals surface area contributed by atoms with Crippen LogP contribution in [0.25, 0.3) is 0 Å². The summed E-state index contributed by atoms with van der Waals surface area (Å²) >= 11 is 1.57. The third kappa shape index (κ3) is 3.94. The van der Waals surface area contributed by atoms with Crippen LogP contribution in [0, 0.1) is 0 Å². The number of nitrogens with one attached hydrogen (secondary N) is 2. The largest absolute Gasteiger partial charge is 0.504 e. The van der Waals surface area contributed by atoms with E-state index in [1.165, 1.54) is 13.2 Å². The number of carbonyl (C=O) groups is 2. The van der Waals surface area contributed by atoms with Crippen molar-refractivity contribution in [3.63, 3.8) is 0 Å². The number of ether oxygens (including phenoxy) is 2. The molecular formula is C16H20N2O5S. The van der Waals surface area contributed by atoms with Crippen LogP contribution in [0.5, 0.6) is 11.5 Å². The van der Waals surface area contributed by atoms with Crippen molar-refractivity contribution in [1.29, 1.82) is 0 Å². The van der Waals surface area contributed by atoms with E-state index >= 15 is 0 Å². The van der Waals surface area contributed by atoms with Gasteiger partial charge in [-0.1, -0.05) is 6.07 Å². The smallest absolute Gasteiger partial charge is 0.338 e. The first-order valence-corrected chi connectivity index (χ1v) is 8.68. The fourth-order valence-electron chi connectivity index (χ4n) is 2.40. The van der Waals surface area contributed by atoms with Gasteiger partial charge in [-0.15, -0.1) is 0 Å². The number of rotatable bonds is 6. The van der Waals surface area contributed by atoms with Gasteiger partial charge in [0, 0.05) is 11.4 Å². The molecule has 8 heteroatoms. The highest BCUT2D eigenvalue weighted by Crippen LogP contribution is 2.33. The van der Waals surface area contributed by atoms with Gasteiger partial charge in [0.05, 0.1) is 18.7 Å². The first kappa shape index (κ1) is 18.0. The van der Waals surface area contributed by atoms with Crippen LogP contribution in [0.2, 0.25) is 0 Å². The number of carbonyl (C=O) groups excluding carboxylic acids is 2. The number of amides is 2. The zero-order chi connectivity index (χ0) is 17.7. The molecule has 0 saturated carbocycles. The van der Waals surface area contributed by atoms with Crippen LogP contribution >= 0.6 is 11.8 Å². The zero-order valence-corrected chi connectivity index (χ0v) is 14.5. The van der Waals surface area contributed by atoms with Crippen LogP contribution in [0.3, 0.4) is 0 Å². The standard InChI is InChI=1S/C16H20N2O5S/c1-9-13(15(20)23-6-7-24-3)14(18-16(21)17-9)10-4-5-12(22-2)11(19)8-10/h4-5,8,14,19H,6-7H2,1-3H3,(H2,17,18,21)/t14-/m0/s1. The maximum atomic E-state index is 12.4. The summed E-state index contributed by atoms with van der Waals surface area (Å²) < 4.78 is 10.3. The average molecular weight is 352 g/mol. The van der Waals surface area contributed by atoms with Crippen molar-refractivity contribution in [1.82, 2.24) is 10.6 Å². The van der Waals surface area contributed by atoms with E-state index in [2.05, 4.69) is 10.6 Å². The second kappa shape index (κ2) is 7.96. The van der Waals surface area contributed by atoms with Crippen molar-refractivity contribution < 1.29 is 24.2 Å². The van der Waals surface area contributed by atoms with E-state index < -0.39 is 18.0 Å². The minimum Gasteiger partial charge on any atom is -0.504 e. The lowest BCUT2D eigenvalue weighted by atomic mass is 9.95. The maximum absolute atomic E-state index is 12.4. The minimum absolute atomic E-state index is 0.0736. The van der Waals surface area contributed by atoms with Crippen molar-refractivity contribution in [2.24, 2.45) is 0 Å². The summed E-state index contributed by atoms with van der Waals surface area (Å²) in [5.41, 5.74) is 1.28. The minimum atomic E-state index is -0.711. The van der Waals surface area contributed by atoms with E-state index in [1.807, 2.05) is 6.26 Å². The normalized spacial score (nSPS) is 17.1. The molecule has 130 valence electrons. The molecule has 7 nitrogen and oxygen atoms in total. The first-order valence-electron chi connectivity index (χ1n) is 7.29. The van der Waals surface area contributed by atoms with Gasteiger partial charge in [0.2, 0.25) is 0 Å². The quantitative estimate of drug-likeness (QED) is 0.535. The van der Waals surface area contributed by atoms with Crippen molar-refractivity contribution in [2.45, 2.75) is 13.0 Å². The molecule has 0 aromatic heterocycles. The van der Waals surface area contributed by atoms with E-state index in [0.717, 1.165) is 0 Å². The van der Waals surface area contributed by atoms with Crippen LogP contribution < -0.4 is 15.4 Å². The second-order valence-corrected chi connectivity index (χ2v) is 6.12. The predicted octanol–water partition coefficient (Wildman–Crippen LogP) is 1.93. The lowest BCUT2D eigenvalue weighted by Gasteiger charge is -2.28. The Morgan fingerprint density at radius 3 is 2.79 bits per heavy atom. The molecule has 1 atom stereocenters. The molecule has 1 aliphatic heterocycles. The number of methoxy groups -OCH3 is 1. The summed E-state index contributed by atoms with van der Waals surface area (Å²) in [7, 11) is 1.44. The summed E-state index contributed by atoms with van der Waals surface area (Å²) in [4.78, 5) is 24.2. The summed E-state index contributed by atoms with van der Waals surface area (Å²) in [5.74, 6) is 0.417. The average Bonchev–Trinajstić information content (AvgIpc) is 2.54. The fraction of sp³-hybridized carbons (Fsp3) is 0.375. The fourth-order valence-corrected chi connectivity index (χ4v) is 2.65. The Bertz CT molecular complexity index is 674. The number of thioether (sulfide) groups is 1. The Kier molecular flexibility index (Phi) is 5.97. The molecule has 2 amide bonds. The van der Waals surface area contributed by atoms with Gasteiger partial charge in [0.1, 0.15) is 6.61 Å². The lowest BCUT2D eigenvalue weighted by molar-refractivity contribution is -0.138. The Balaban J connectivity index is 2.34. The van der Waals surface area contributed by atoms with E-state index in [0.29, 0.717) is 28.3 Å². The molecule has 0 unspecified atom stereocenters. The van der Waals surface area contributed by atoms with E-state index in [9.17, 15) is 14.7 Å². The van der Waals surface area contributed by atoms with Gasteiger partial charge >= 0.3 is 12.0 Å². The monoisotopic (exact) mass is 352 g/mol. The topological polar surface area (TPSA) is 96.9 Å². The van der Waals surface area contributed by atoms with E-state index in [1.54, 1.807) is 30.8 Å². The number of hydrogen-bond acceptors (Lipinski definition) is 6. The Morgan fingerprint density at radius 1 is 1.42 bits per heavy atom. The highest BCUT2D eigenvalue weighted by molar-refractivity contribution is 7.98. The van der Waals surface area contributed by atoms with Gasteiger partial charge < -0.3 is 25.2 Å². The molecule has 24 heavy (non-hydrogen) atoms. The molecule has 0 fully saturated rings. The summed E-state index contributed by atoms with van der Waals surface area (Å²) in [6, 6.07) is 3.57. The summed E-state index contributed by atoms with van der Waals surface area (Å²) in [6.07, 6.45) is 1.92. The van der Waals surface area contributed by atoms with Crippen molar-refractivity contribution in [2.75, 3.05) is 25.7 Å². The Labute approximate surface area is 144 Å². The number of allylic oxidation sites excluding steroid dienone is 1. The molecule has 0 bridgehead atoms. The van der Waals surface area contributed by atoms with Crippen LogP contribution in [-0.2, 0) is 9.53 Å². The molecule has 0 saturated heterocycles. The lowest BCUT2D eigenvalue weighted by Crippen LogP contribution is -2.45. The van der Waals surface area contributed by atoms with Gasteiger partial charge in [0.15, 0.2) is 11.5 Å². The molecule has 0 radical (unpaired) electrons. The molecule has 1 aromatic rings. The van der Waals surface area contributed by atoms with Gasteiger partial charge in [-0.2, -0.15) is 11.8 Å². The second-order valence-electron chi connectivity index (χ2n) is 5.13. The molecule has 2 rings (SSSR count). The van der Waals surface area contributed by atoms with Crippen LogP contribution in [0.1, 0.15) is 18.5 Å². The third-order valence-electron chi connectivity index (χ3n) is 3.55. The van der Waals surface area contributed by atoms with Gasteiger partial charge in [-0.05, 0) is 30.9 Å². The first-order chi connectivity index (χ1) is 11.5. The Morgan fingerprint density at radius 2 is 2.17 bits per heavy atom. The maximum Gasteiger partial charge on any atom is 0.338 e. The SMILES string of the molecule is COc1ccc([C@@H]2NC(=O)NC(C)=C2C(=O)OCCSC)cc1O. The molecule has 1 aromatic carbocycles. The number of benzene rings is 1. The number of urea groups is 1. The molecular weight excluding hydrogens is 332 g/mol. The van der Waals surface area contributed by atoms with Gasteiger partial charge in [0.25, 0.3) is 0 Å². The highest BCUT2D eigenvalue weighted by atomic mass is 32.2. The number of esters is 1. The van der Waals surface area contributed by atoms with Crippen molar-refractivity contribution in [3.8, 4) is 11.5 Å². The van der Waals surface area contributed by atoms with Crippen LogP contribution in [0.15, 0.2) is 29.5 Å². The molecule has 0 aliphatic carbocycles. The molecule has 1 heterocycles. The number of aromatic hydroxyl groups is 1. The number of phenolic OH excluding ortho intramolecular Hbond substituents is 1. The summed E-state index contributed by atoms with van der Waals surface area (Å²) in [6.45, 7) is 1.92. The molecule has 3 N–H and O–H groups in total. The Hall–Kier alpha value is -2.35. The predicted molar refractivity (Wildman–Crippen MR) is 91.1 cm³/mol. The number of hydrogen-bond donors (Lipinski definition) is 3. The van der Waals surface area contributed by atoms with Crippen LogP contribution in [0.4, 0.5) is 4.79 Å². The van der Waals surface area contributed by atoms with Crippen molar-refractivity contribution in [3.05, 3.63) is 35.0 Å². The summed E-state index contributed by atoms with van der Waals surface area (Å²) in [5, 5.41) is 15.2.